The van der Waals surface area contributed by atoms with E-state index in [0.717, 1.165) is 4.47 Å². The Morgan fingerprint density at radius 1 is 1.40 bits per heavy atom. The fourth-order valence-corrected chi connectivity index (χ4v) is 2.39. The number of hydrogen-bond acceptors (Lipinski definition) is 5. The van der Waals surface area contributed by atoms with Gasteiger partial charge in [-0.05, 0) is 22.4 Å². The number of nitrogens with zero attached hydrogens (tertiary/aromatic N) is 5. The lowest BCUT2D eigenvalue weighted by Crippen LogP contribution is -2.41. The lowest BCUT2D eigenvalue weighted by molar-refractivity contribution is -0.136. The lowest BCUT2D eigenvalue weighted by Gasteiger charge is -2.20. The lowest BCUT2D eigenvalue weighted by atomic mass is 10.1. The number of imide groups is 1. The van der Waals surface area contributed by atoms with Crippen molar-refractivity contribution >= 4 is 27.7 Å². The Bertz CT molecular complexity index is 663. The maximum atomic E-state index is 11.7. The average Bonchev–Trinajstić information content (AvgIpc) is 2.99. The fourth-order valence-electron chi connectivity index (χ4n) is 2.06. The summed E-state index contributed by atoms with van der Waals surface area (Å²) in [7, 11) is 0. The number of halogens is 1. The zero-order valence-corrected chi connectivity index (χ0v) is 11.9. The second-order valence-electron chi connectivity index (χ2n) is 4.51. The molecular weight excluding hydrogens is 328 g/mol. The second kappa shape index (κ2) is 5.16. The molecule has 1 saturated heterocycles. The molecule has 1 fully saturated rings. The van der Waals surface area contributed by atoms with Crippen LogP contribution in [0.25, 0.3) is 0 Å². The number of rotatable bonds is 3. The maximum absolute atomic E-state index is 11.7. The molecule has 8 nitrogen and oxygen atoms in total. The fraction of sp³-hybridized carbons (Fsp3) is 0.364. The van der Waals surface area contributed by atoms with Gasteiger partial charge in [-0.15, -0.1) is 5.10 Å². The van der Waals surface area contributed by atoms with Crippen molar-refractivity contribution in [3.05, 3.63) is 28.8 Å². The van der Waals surface area contributed by atoms with Crippen molar-refractivity contribution in [2.24, 2.45) is 0 Å². The highest BCUT2D eigenvalue weighted by Crippen LogP contribution is 2.17. The summed E-state index contributed by atoms with van der Waals surface area (Å²) in [6.45, 7) is 0.471. The SMILES string of the molecule is O=C1CCC(n2cc(Cn3cc(Br)cn3)nn2)C(=O)N1. The molecular formula is C11H11BrN6O2. The molecule has 2 aromatic heterocycles. The second-order valence-corrected chi connectivity index (χ2v) is 5.43. The van der Waals surface area contributed by atoms with Crippen molar-refractivity contribution < 1.29 is 9.59 Å². The number of nitrogens with one attached hydrogen (secondary N) is 1. The third kappa shape index (κ3) is 2.62. The van der Waals surface area contributed by atoms with Crippen LogP contribution in [0.15, 0.2) is 23.1 Å². The van der Waals surface area contributed by atoms with Crippen molar-refractivity contribution in [1.29, 1.82) is 0 Å². The third-order valence-corrected chi connectivity index (χ3v) is 3.42. The monoisotopic (exact) mass is 338 g/mol. The van der Waals surface area contributed by atoms with Gasteiger partial charge in [0.05, 0.1) is 23.4 Å². The smallest absolute Gasteiger partial charge is 0.251 e. The Hall–Kier alpha value is -2.03. The van der Waals surface area contributed by atoms with Gasteiger partial charge in [0, 0.05) is 12.6 Å². The molecule has 20 heavy (non-hydrogen) atoms. The minimum absolute atomic E-state index is 0.243. The van der Waals surface area contributed by atoms with Crippen molar-refractivity contribution in [2.45, 2.75) is 25.4 Å². The molecule has 1 atom stereocenters. The quantitative estimate of drug-likeness (QED) is 0.810. The molecule has 3 rings (SSSR count). The van der Waals surface area contributed by atoms with Crippen molar-refractivity contribution in [2.75, 3.05) is 0 Å². The number of carbonyl (C=O) groups is 2. The highest BCUT2D eigenvalue weighted by Gasteiger charge is 2.28. The summed E-state index contributed by atoms with van der Waals surface area (Å²) < 4.78 is 4.09. The highest BCUT2D eigenvalue weighted by molar-refractivity contribution is 9.10. The summed E-state index contributed by atoms with van der Waals surface area (Å²) >= 11 is 3.32. The molecule has 2 amide bonds. The first-order valence-electron chi connectivity index (χ1n) is 6.04. The topological polar surface area (TPSA) is 94.7 Å². The first-order valence-corrected chi connectivity index (χ1v) is 6.83. The Labute approximate surface area is 122 Å². The normalized spacial score (nSPS) is 19.1. The van der Waals surface area contributed by atoms with E-state index in [0.29, 0.717) is 25.1 Å². The summed E-state index contributed by atoms with van der Waals surface area (Å²) in [6, 6.07) is -0.474. The van der Waals surface area contributed by atoms with Gasteiger partial charge in [0.1, 0.15) is 11.7 Å². The Kier molecular flexibility index (Phi) is 3.35. The van der Waals surface area contributed by atoms with Crippen LogP contribution in [-0.2, 0) is 16.1 Å². The van der Waals surface area contributed by atoms with Crippen LogP contribution in [-0.4, -0.2) is 36.6 Å². The molecule has 0 spiro atoms. The number of amides is 2. The standard InChI is InChI=1S/C11H11BrN6O2/c12-7-3-13-17(4-7)5-8-6-18(16-15-8)9-1-2-10(19)14-11(9)20/h3-4,6,9H,1-2,5H2,(H,14,19,20). The van der Waals surface area contributed by atoms with Gasteiger partial charge in [-0.1, -0.05) is 5.21 Å². The number of hydrogen-bond donors (Lipinski definition) is 1. The maximum Gasteiger partial charge on any atom is 0.251 e. The molecule has 2 aromatic rings. The molecule has 1 unspecified atom stereocenters. The zero-order valence-electron chi connectivity index (χ0n) is 10.4. The molecule has 104 valence electrons. The van der Waals surface area contributed by atoms with Gasteiger partial charge in [0.25, 0.3) is 5.91 Å². The van der Waals surface area contributed by atoms with Crippen LogP contribution < -0.4 is 5.32 Å². The van der Waals surface area contributed by atoms with Crippen LogP contribution >= 0.6 is 15.9 Å². The van der Waals surface area contributed by atoms with E-state index in [-0.39, 0.29) is 11.8 Å². The molecule has 0 aromatic carbocycles. The van der Waals surface area contributed by atoms with Gasteiger partial charge < -0.3 is 0 Å². The van der Waals surface area contributed by atoms with Gasteiger partial charge in [-0.2, -0.15) is 5.10 Å². The van der Waals surface area contributed by atoms with Crippen LogP contribution in [0.4, 0.5) is 0 Å². The Morgan fingerprint density at radius 3 is 2.95 bits per heavy atom. The van der Waals surface area contributed by atoms with Crippen molar-refractivity contribution in [3.63, 3.8) is 0 Å². The van der Waals surface area contributed by atoms with Crippen molar-refractivity contribution in [3.8, 4) is 0 Å². The summed E-state index contributed by atoms with van der Waals surface area (Å²) in [5, 5.41) is 14.4. The average molecular weight is 339 g/mol. The molecule has 1 N–H and O–H groups in total. The van der Waals surface area contributed by atoms with E-state index in [2.05, 4.69) is 36.7 Å². The molecule has 0 aliphatic carbocycles. The van der Waals surface area contributed by atoms with E-state index in [1.807, 2.05) is 6.20 Å². The molecule has 3 heterocycles. The predicted molar refractivity (Wildman–Crippen MR) is 70.5 cm³/mol. The van der Waals surface area contributed by atoms with E-state index in [4.69, 9.17) is 0 Å². The van der Waals surface area contributed by atoms with E-state index in [9.17, 15) is 9.59 Å². The summed E-state index contributed by atoms with van der Waals surface area (Å²) in [5.74, 6) is -0.576. The van der Waals surface area contributed by atoms with E-state index >= 15 is 0 Å². The van der Waals surface area contributed by atoms with E-state index in [1.165, 1.54) is 4.68 Å². The largest absolute Gasteiger partial charge is 0.295 e. The minimum atomic E-state index is -0.474. The van der Waals surface area contributed by atoms with Crippen LogP contribution in [0, 0.1) is 0 Å². The zero-order chi connectivity index (χ0) is 14.1. The van der Waals surface area contributed by atoms with Gasteiger partial charge in [-0.3, -0.25) is 19.6 Å². The molecule has 1 aliphatic heterocycles. The molecule has 0 radical (unpaired) electrons. The van der Waals surface area contributed by atoms with Gasteiger partial charge in [0.15, 0.2) is 0 Å². The van der Waals surface area contributed by atoms with Crippen molar-refractivity contribution in [1.82, 2.24) is 30.1 Å². The van der Waals surface area contributed by atoms with Crippen LogP contribution in [0.2, 0.25) is 0 Å². The van der Waals surface area contributed by atoms with Crippen LogP contribution in [0.5, 0.6) is 0 Å². The van der Waals surface area contributed by atoms with E-state index < -0.39 is 6.04 Å². The number of aromatic nitrogens is 5. The molecule has 9 heteroatoms. The Balaban J connectivity index is 1.73. The Morgan fingerprint density at radius 2 is 2.25 bits per heavy atom. The minimum Gasteiger partial charge on any atom is -0.295 e. The first kappa shape index (κ1) is 13.0. The predicted octanol–water partition coefficient (Wildman–Crippen LogP) is 0.263. The van der Waals surface area contributed by atoms with E-state index in [1.54, 1.807) is 17.1 Å². The highest BCUT2D eigenvalue weighted by atomic mass is 79.9. The number of piperidine rings is 1. The summed E-state index contributed by atoms with van der Waals surface area (Å²) in [5.41, 5.74) is 0.699. The summed E-state index contributed by atoms with van der Waals surface area (Å²) in [4.78, 5) is 22.8. The molecule has 0 bridgehead atoms. The number of carbonyl (C=O) groups excluding carboxylic acids is 2. The first-order chi connectivity index (χ1) is 9.61. The molecule has 0 saturated carbocycles. The van der Waals surface area contributed by atoms with Gasteiger partial charge in [0.2, 0.25) is 5.91 Å². The van der Waals surface area contributed by atoms with Crippen LogP contribution in [0.1, 0.15) is 24.6 Å². The van der Waals surface area contributed by atoms with Gasteiger partial charge >= 0.3 is 0 Å². The third-order valence-electron chi connectivity index (χ3n) is 3.01. The summed E-state index contributed by atoms with van der Waals surface area (Å²) in [6.07, 6.45) is 5.98. The van der Waals surface area contributed by atoms with Crippen LogP contribution in [0.3, 0.4) is 0 Å². The molecule has 1 aliphatic rings. The van der Waals surface area contributed by atoms with Gasteiger partial charge in [-0.25, -0.2) is 4.68 Å².